The van der Waals surface area contributed by atoms with Crippen molar-refractivity contribution >= 4 is 33.2 Å². The number of aryl methyl sites for hydroxylation is 2. The largest absolute Gasteiger partial charge is 0.326 e. The van der Waals surface area contributed by atoms with Crippen molar-refractivity contribution in [3.63, 3.8) is 0 Å². The fraction of sp³-hybridized carbons (Fsp3) is 0.364. The molecule has 7 nitrogen and oxygen atoms in total. The van der Waals surface area contributed by atoms with Gasteiger partial charge in [0.15, 0.2) is 0 Å². The van der Waals surface area contributed by atoms with E-state index in [9.17, 15) is 18.0 Å². The number of rotatable bonds is 6. The molecule has 1 aliphatic rings. The van der Waals surface area contributed by atoms with Gasteiger partial charge in [-0.3, -0.25) is 9.59 Å². The van der Waals surface area contributed by atoms with Crippen LogP contribution in [-0.4, -0.2) is 26.3 Å². The second-order valence-corrected chi connectivity index (χ2v) is 9.63. The molecule has 3 N–H and O–H groups in total. The molecule has 0 fully saturated rings. The van der Waals surface area contributed by atoms with Crippen LogP contribution in [0.2, 0.25) is 0 Å². The maximum absolute atomic E-state index is 13.0. The topological polar surface area (TPSA) is 104 Å². The highest BCUT2D eigenvalue weighted by molar-refractivity contribution is 7.89. The molecule has 0 saturated heterocycles. The van der Waals surface area contributed by atoms with Crippen molar-refractivity contribution in [3.05, 3.63) is 53.6 Å². The Kier molecular flexibility index (Phi) is 6.58. The van der Waals surface area contributed by atoms with Crippen LogP contribution in [0, 0.1) is 12.8 Å². The molecule has 0 unspecified atom stereocenters. The van der Waals surface area contributed by atoms with E-state index < -0.39 is 22.0 Å². The van der Waals surface area contributed by atoms with Crippen molar-refractivity contribution in [1.82, 2.24) is 4.72 Å². The van der Waals surface area contributed by atoms with Crippen molar-refractivity contribution in [2.24, 2.45) is 5.92 Å². The minimum absolute atomic E-state index is 0.0740. The van der Waals surface area contributed by atoms with Gasteiger partial charge in [0.25, 0.3) is 0 Å². The smallest absolute Gasteiger partial charge is 0.242 e. The number of hydrogen-bond acceptors (Lipinski definition) is 4. The average Bonchev–Trinajstić information content (AvgIpc) is 2.87. The summed E-state index contributed by atoms with van der Waals surface area (Å²) in [6.45, 7) is 5.52. The number of anilines is 2. The fourth-order valence-corrected chi connectivity index (χ4v) is 4.70. The van der Waals surface area contributed by atoms with Crippen LogP contribution in [0.25, 0.3) is 0 Å². The summed E-state index contributed by atoms with van der Waals surface area (Å²) in [4.78, 5) is 24.6. The molecule has 30 heavy (non-hydrogen) atoms. The maximum atomic E-state index is 13.0. The van der Waals surface area contributed by atoms with Crippen LogP contribution in [-0.2, 0) is 26.0 Å². The first-order valence-electron chi connectivity index (χ1n) is 9.98. The number of fused-ring (bicyclic) bond motifs is 1. The van der Waals surface area contributed by atoms with Gasteiger partial charge >= 0.3 is 0 Å². The molecule has 0 aromatic heterocycles. The zero-order chi connectivity index (χ0) is 21.9. The van der Waals surface area contributed by atoms with E-state index in [1.165, 1.54) is 6.07 Å². The minimum Gasteiger partial charge on any atom is -0.326 e. The Morgan fingerprint density at radius 1 is 1.07 bits per heavy atom. The van der Waals surface area contributed by atoms with Gasteiger partial charge in [0.05, 0.1) is 4.90 Å². The number of benzene rings is 2. The van der Waals surface area contributed by atoms with Gasteiger partial charge in [-0.25, -0.2) is 8.42 Å². The van der Waals surface area contributed by atoms with Gasteiger partial charge in [-0.1, -0.05) is 31.5 Å². The summed E-state index contributed by atoms with van der Waals surface area (Å²) >= 11 is 0. The first-order chi connectivity index (χ1) is 14.2. The van der Waals surface area contributed by atoms with Crippen LogP contribution >= 0.6 is 0 Å². The molecule has 1 aliphatic heterocycles. The summed E-state index contributed by atoms with van der Waals surface area (Å²) in [6.07, 6.45) is 1.67. The normalized spacial score (nSPS) is 15.1. The minimum atomic E-state index is -3.93. The lowest BCUT2D eigenvalue weighted by atomic mass is 10.0. The lowest BCUT2D eigenvalue weighted by Crippen LogP contribution is -2.47. The standard InChI is InChI=1S/C22H27N3O4S/c1-14(2)21(22(27)23-17-9-7-15(3)8-10-17)25-30(28,29)18-11-12-19-16(13-18)5-4-6-20(26)24-19/h7-14,21,25H,4-6H2,1-3H3,(H,23,27)(H,24,26)/t21-/m0/s1. The summed E-state index contributed by atoms with van der Waals surface area (Å²) in [5, 5.41) is 5.57. The van der Waals surface area contributed by atoms with Crippen molar-refractivity contribution in [2.75, 3.05) is 10.6 Å². The van der Waals surface area contributed by atoms with Gasteiger partial charge in [-0.2, -0.15) is 4.72 Å². The van der Waals surface area contributed by atoms with Crippen molar-refractivity contribution < 1.29 is 18.0 Å². The van der Waals surface area contributed by atoms with Gasteiger partial charge in [0.1, 0.15) is 6.04 Å². The fourth-order valence-electron chi connectivity index (χ4n) is 3.30. The summed E-state index contributed by atoms with van der Waals surface area (Å²) in [6, 6.07) is 11.0. The molecule has 2 amide bonds. The quantitative estimate of drug-likeness (QED) is 0.656. The Morgan fingerprint density at radius 3 is 2.43 bits per heavy atom. The summed E-state index contributed by atoms with van der Waals surface area (Å²) < 4.78 is 28.6. The Morgan fingerprint density at radius 2 is 1.77 bits per heavy atom. The highest BCUT2D eigenvalue weighted by atomic mass is 32.2. The number of carbonyl (C=O) groups excluding carboxylic acids is 2. The molecule has 8 heteroatoms. The van der Waals surface area contributed by atoms with Gasteiger partial charge in [0, 0.05) is 17.8 Å². The first kappa shape index (κ1) is 22.0. The SMILES string of the molecule is Cc1ccc(NC(=O)[C@@H](NS(=O)(=O)c2ccc3c(c2)CCCC(=O)N3)C(C)C)cc1. The van der Waals surface area contributed by atoms with Crippen LogP contribution in [0.3, 0.4) is 0 Å². The lowest BCUT2D eigenvalue weighted by Gasteiger charge is -2.22. The van der Waals surface area contributed by atoms with E-state index in [0.29, 0.717) is 30.6 Å². The van der Waals surface area contributed by atoms with E-state index in [2.05, 4.69) is 15.4 Å². The van der Waals surface area contributed by atoms with Gasteiger partial charge < -0.3 is 10.6 Å². The van der Waals surface area contributed by atoms with Crippen molar-refractivity contribution in [1.29, 1.82) is 0 Å². The highest BCUT2D eigenvalue weighted by Gasteiger charge is 2.29. The molecular weight excluding hydrogens is 402 g/mol. The highest BCUT2D eigenvalue weighted by Crippen LogP contribution is 2.25. The van der Waals surface area contributed by atoms with Crippen LogP contribution < -0.4 is 15.4 Å². The van der Waals surface area contributed by atoms with Crippen LogP contribution in [0.5, 0.6) is 0 Å². The number of nitrogens with one attached hydrogen (secondary N) is 3. The molecule has 0 saturated carbocycles. The van der Waals surface area contributed by atoms with E-state index >= 15 is 0 Å². The predicted molar refractivity (Wildman–Crippen MR) is 117 cm³/mol. The maximum Gasteiger partial charge on any atom is 0.242 e. The Bertz CT molecular complexity index is 1050. The molecule has 0 radical (unpaired) electrons. The molecule has 0 spiro atoms. The summed E-state index contributed by atoms with van der Waals surface area (Å²) in [5.74, 6) is -0.750. The third kappa shape index (κ3) is 5.25. The molecule has 1 heterocycles. The monoisotopic (exact) mass is 429 g/mol. The third-order valence-electron chi connectivity index (χ3n) is 5.06. The first-order valence-corrected chi connectivity index (χ1v) is 11.5. The van der Waals surface area contributed by atoms with Crippen LogP contribution in [0.15, 0.2) is 47.4 Å². The van der Waals surface area contributed by atoms with Crippen molar-refractivity contribution in [2.45, 2.75) is 51.0 Å². The molecule has 160 valence electrons. The second-order valence-electron chi connectivity index (χ2n) is 7.92. The Balaban J connectivity index is 1.80. The van der Waals surface area contributed by atoms with E-state index in [-0.39, 0.29) is 16.7 Å². The zero-order valence-electron chi connectivity index (χ0n) is 17.4. The molecule has 0 aliphatic carbocycles. The lowest BCUT2D eigenvalue weighted by molar-refractivity contribution is -0.118. The summed E-state index contributed by atoms with van der Waals surface area (Å²) in [5.41, 5.74) is 3.08. The molecular formula is C22H27N3O4S. The van der Waals surface area contributed by atoms with E-state index in [1.807, 2.05) is 19.1 Å². The molecule has 2 aromatic rings. The van der Waals surface area contributed by atoms with E-state index in [4.69, 9.17) is 0 Å². The Hall–Kier alpha value is -2.71. The van der Waals surface area contributed by atoms with Crippen molar-refractivity contribution in [3.8, 4) is 0 Å². The molecule has 2 aromatic carbocycles. The van der Waals surface area contributed by atoms with Gasteiger partial charge in [0.2, 0.25) is 21.8 Å². The molecule has 0 bridgehead atoms. The van der Waals surface area contributed by atoms with Gasteiger partial charge in [-0.15, -0.1) is 0 Å². The van der Waals surface area contributed by atoms with E-state index in [0.717, 1.165) is 11.1 Å². The number of carbonyl (C=O) groups is 2. The number of sulfonamides is 1. The molecule has 3 rings (SSSR count). The summed E-state index contributed by atoms with van der Waals surface area (Å²) in [7, 11) is -3.93. The van der Waals surface area contributed by atoms with Crippen LogP contribution in [0.1, 0.15) is 37.8 Å². The van der Waals surface area contributed by atoms with Crippen LogP contribution in [0.4, 0.5) is 11.4 Å². The second kappa shape index (κ2) is 8.97. The third-order valence-corrected chi connectivity index (χ3v) is 6.50. The molecule has 1 atom stereocenters. The van der Waals surface area contributed by atoms with E-state index in [1.54, 1.807) is 38.1 Å². The Labute approximate surface area is 177 Å². The predicted octanol–water partition coefficient (Wildman–Crippen LogP) is 3.21. The number of hydrogen-bond donors (Lipinski definition) is 3. The number of amides is 2. The average molecular weight is 430 g/mol. The van der Waals surface area contributed by atoms with Gasteiger partial charge in [-0.05, 0) is 61.6 Å². The zero-order valence-corrected chi connectivity index (χ0v) is 18.2.